The third-order valence-corrected chi connectivity index (χ3v) is 1.77. The van der Waals surface area contributed by atoms with Gasteiger partial charge in [-0.2, -0.15) is 0 Å². The smallest absolute Gasteiger partial charge is 0.284 e. The van der Waals surface area contributed by atoms with Crippen LogP contribution in [0.3, 0.4) is 0 Å². The van der Waals surface area contributed by atoms with Gasteiger partial charge in [-0.25, -0.2) is 4.98 Å². The van der Waals surface area contributed by atoms with Crippen molar-refractivity contribution in [3.05, 3.63) is 29.7 Å². The standard InChI is InChI=1S/C9H8N2O2/c1-5-2-3-6-4-7(8(10)12)13-9(6)11-5/h2-4H,1H3,(H2,10,12). The molecule has 2 aromatic heterocycles. The SMILES string of the molecule is Cc1ccc2cc(C(N)=O)oc2n1. The maximum atomic E-state index is 10.8. The lowest BCUT2D eigenvalue weighted by molar-refractivity contribution is 0.0975. The lowest BCUT2D eigenvalue weighted by Gasteiger charge is -1.88. The Morgan fingerprint density at radius 2 is 2.31 bits per heavy atom. The van der Waals surface area contributed by atoms with Gasteiger partial charge in [-0.05, 0) is 25.1 Å². The number of fused-ring (bicyclic) bond motifs is 1. The molecule has 1 amide bonds. The zero-order valence-corrected chi connectivity index (χ0v) is 7.07. The van der Waals surface area contributed by atoms with Crippen LogP contribution in [0.25, 0.3) is 11.1 Å². The van der Waals surface area contributed by atoms with Crippen LogP contribution in [0, 0.1) is 6.92 Å². The van der Waals surface area contributed by atoms with Gasteiger partial charge in [0.2, 0.25) is 5.71 Å². The first-order valence-corrected chi connectivity index (χ1v) is 3.84. The average molecular weight is 176 g/mol. The molecule has 4 nitrogen and oxygen atoms in total. The van der Waals surface area contributed by atoms with Crippen molar-refractivity contribution in [3.63, 3.8) is 0 Å². The van der Waals surface area contributed by atoms with Crippen LogP contribution in [-0.4, -0.2) is 10.9 Å². The molecular formula is C9H8N2O2. The Morgan fingerprint density at radius 3 is 3.00 bits per heavy atom. The van der Waals surface area contributed by atoms with E-state index in [0.717, 1.165) is 11.1 Å². The number of pyridine rings is 1. The second kappa shape index (κ2) is 2.58. The molecule has 0 bridgehead atoms. The van der Waals surface area contributed by atoms with E-state index >= 15 is 0 Å². The van der Waals surface area contributed by atoms with Gasteiger partial charge < -0.3 is 10.2 Å². The summed E-state index contributed by atoms with van der Waals surface area (Å²) >= 11 is 0. The molecule has 2 N–H and O–H groups in total. The minimum Gasteiger partial charge on any atom is -0.433 e. The van der Waals surface area contributed by atoms with Gasteiger partial charge in [0, 0.05) is 11.1 Å². The number of hydrogen-bond acceptors (Lipinski definition) is 3. The highest BCUT2D eigenvalue weighted by Gasteiger charge is 2.08. The van der Waals surface area contributed by atoms with Gasteiger partial charge in [-0.3, -0.25) is 4.79 Å². The number of aryl methyl sites for hydroxylation is 1. The molecule has 0 saturated heterocycles. The number of nitrogens with two attached hydrogens (primary N) is 1. The van der Waals surface area contributed by atoms with Crippen LogP contribution in [0.15, 0.2) is 22.6 Å². The molecule has 2 heterocycles. The maximum Gasteiger partial charge on any atom is 0.284 e. The molecule has 0 radical (unpaired) electrons. The van der Waals surface area contributed by atoms with Gasteiger partial charge >= 0.3 is 0 Å². The molecule has 2 aromatic rings. The molecule has 66 valence electrons. The van der Waals surface area contributed by atoms with Crippen LogP contribution < -0.4 is 5.73 Å². The summed E-state index contributed by atoms with van der Waals surface area (Å²) in [5.74, 6) is -0.427. The lowest BCUT2D eigenvalue weighted by atomic mass is 10.3. The topological polar surface area (TPSA) is 69.1 Å². The fourth-order valence-corrected chi connectivity index (χ4v) is 1.13. The van der Waals surface area contributed by atoms with Crippen molar-refractivity contribution < 1.29 is 9.21 Å². The van der Waals surface area contributed by atoms with Crippen molar-refractivity contribution >= 4 is 17.0 Å². The van der Waals surface area contributed by atoms with Crippen LogP contribution in [0.4, 0.5) is 0 Å². The molecule has 0 aromatic carbocycles. The van der Waals surface area contributed by atoms with Gasteiger partial charge in [0.1, 0.15) is 0 Å². The van der Waals surface area contributed by atoms with Crippen LogP contribution in [0.2, 0.25) is 0 Å². The Labute approximate surface area is 74.4 Å². The molecule has 0 unspecified atom stereocenters. The Kier molecular flexibility index (Phi) is 1.55. The molecule has 0 aliphatic heterocycles. The third kappa shape index (κ3) is 1.26. The van der Waals surface area contributed by atoms with Gasteiger partial charge in [-0.15, -0.1) is 0 Å². The van der Waals surface area contributed by atoms with E-state index in [-0.39, 0.29) is 5.76 Å². The van der Waals surface area contributed by atoms with E-state index < -0.39 is 5.91 Å². The molecule has 2 rings (SSSR count). The minimum atomic E-state index is -0.573. The summed E-state index contributed by atoms with van der Waals surface area (Å²) in [6.45, 7) is 1.85. The van der Waals surface area contributed by atoms with E-state index in [4.69, 9.17) is 10.2 Å². The Hall–Kier alpha value is -1.84. The normalized spacial score (nSPS) is 10.5. The number of aromatic nitrogens is 1. The van der Waals surface area contributed by atoms with Gasteiger partial charge in [0.05, 0.1) is 0 Å². The molecule has 13 heavy (non-hydrogen) atoms. The van der Waals surface area contributed by atoms with E-state index in [1.165, 1.54) is 0 Å². The van der Waals surface area contributed by atoms with Crippen molar-refractivity contribution in [2.24, 2.45) is 5.73 Å². The number of hydrogen-bond donors (Lipinski definition) is 1. The Balaban J connectivity index is 2.68. The second-order valence-corrected chi connectivity index (χ2v) is 2.82. The highest BCUT2D eigenvalue weighted by molar-refractivity contribution is 5.94. The van der Waals surface area contributed by atoms with Crippen molar-refractivity contribution in [2.45, 2.75) is 6.92 Å². The fraction of sp³-hybridized carbons (Fsp3) is 0.111. The summed E-state index contributed by atoms with van der Waals surface area (Å²) < 4.78 is 5.12. The average Bonchev–Trinajstić information content (AvgIpc) is 2.46. The molecule has 4 heteroatoms. The monoisotopic (exact) mass is 176 g/mol. The van der Waals surface area contributed by atoms with Crippen molar-refractivity contribution in [3.8, 4) is 0 Å². The number of carbonyl (C=O) groups is 1. The fourth-order valence-electron chi connectivity index (χ4n) is 1.13. The molecule has 0 aliphatic carbocycles. The summed E-state index contributed by atoms with van der Waals surface area (Å²) in [5.41, 5.74) is 6.35. The molecule has 0 saturated carbocycles. The summed E-state index contributed by atoms with van der Waals surface area (Å²) in [7, 11) is 0. The van der Waals surface area contributed by atoms with E-state index in [1.54, 1.807) is 6.07 Å². The molecule has 0 spiro atoms. The van der Waals surface area contributed by atoms with E-state index in [2.05, 4.69) is 4.98 Å². The number of nitrogens with zero attached hydrogens (tertiary/aromatic N) is 1. The lowest BCUT2D eigenvalue weighted by Crippen LogP contribution is -2.08. The summed E-state index contributed by atoms with van der Waals surface area (Å²) in [6, 6.07) is 5.28. The largest absolute Gasteiger partial charge is 0.433 e. The zero-order valence-electron chi connectivity index (χ0n) is 7.07. The predicted octanol–water partition coefficient (Wildman–Crippen LogP) is 1.24. The number of rotatable bonds is 1. The van der Waals surface area contributed by atoms with Crippen LogP contribution in [0.1, 0.15) is 16.2 Å². The van der Waals surface area contributed by atoms with E-state index in [1.807, 2.05) is 19.1 Å². The van der Waals surface area contributed by atoms with E-state index in [0.29, 0.717) is 5.71 Å². The summed E-state index contributed by atoms with van der Waals surface area (Å²) in [4.78, 5) is 14.9. The van der Waals surface area contributed by atoms with Gasteiger partial charge in [0.25, 0.3) is 5.91 Å². The quantitative estimate of drug-likeness (QED) is 0.710. The molecular weight excluding hydrogens is 168 g/mol. The summed E-state index contributed by atoms with van der Waals surface area (Å²) in [5, 5.41) is 0.791. The molecule has 0 fully saturated rings. The molecule has 0 aliphatic rings. The number of carbonyl (C=O) groups excluding carboxylic acids is 1. The number of primary amides is 1. The van der Waals surface area contributed by atoms with E-state index in [9.17, 15) is 4.79 Å². The maximum absolute atomic E-state index is 10.8. The van der Waals surface area contributed by atoms with Crippen molar-refractivity contribution in [2.75, 3.05) is 0 Å². The van der Waals surface area contributed by atoms with Crippen LogP contribution in [-0.2, 0) is 0 Å². The highest BCUT2D eigenvalue weighted by atomic mass is 16.4. The van der Waals surface area contributed by atoms with Crippen molar-refractivity contribution in [1.82, 2.24) is 4.98 Å². The first-order valence-electron chi connectivity index (χ1n) is 3.84. The van der Waals surface area contributed by atoms with Gasteiger partial charge in [0.15, 0.2) is 5.76 Å². The summed E-state index contributed by atoms with van der Waals surface area (Å²) in [6.07, 6.45) is 0. The second-order valence-electron chi connectivity index (χ2n) is 2.82. The Morgan fingerprint density at radius 1 is 1.54 bits per heavy atom. The minimum absolute atomic E-state index is 0.146. The number of furan rings is 1. The zero-order chi connectivity index (χ0) is 9.42. The molecule has 0 atom stereocenters. The predicted molar refractivity (Wildman–Crippen MR) is 47.3 cm³/mol. The third-order valence-electron chi connectivity index (χ3n) is 1.77. The van der Waals surface area contributed by atoms with Crippen LogP contribution in [0.5, 0.6) is 0 Å². The first kappa shape index (κ1) is 7.79. The highest BCUT2D eigenvalue weighted by Crippen LogP contribution is 2.16. The number of amides is 1. The Bertz CT molecular complexity index is 473. The first-order chi connectivity index (χ1) is 6.16. The van der Waals surface area contributed by atoms with Crippen molar-refractivity contribution in [1.29, 1.82) is 0 Å². The van der Waals surface area contributed by atoms with Crippen LogP contribution >= 0.6 is 0 Å². The van der Waals surface area contributed by atoms with Gasteiger partial charge in [-0.1, -0.05) is 0 Å².